The van der Waals surface area contributed by atoms with Gasteiger partial charge in [0.15, 0.2) is 0 Å². The van der Waals surface area contributed by atoms with Crippen LogP contribution in [0.15, 0.2) is 30.5 Å². The summed E-state index contributed by atoms with van der Waals surface area (Å²) in [6.07, 6.45) is 7.94. The number of H-pyrrole nitrogens is 1. The molecule has 1 aromatic carbocycles. The van der Waals surface area contributed by atoms with Gasteiger partial charge >= 0.3 is 0 Å². The summed E-state index contributed by atoms with van der Waals surface area (Å²) in [6.45, 7) is 0. The first kappa shape index (κ1) is 13.8. The molecule has 2 saturated heterocycles. The molecule has 2 aliphatic heterocycles. The average Bonchev–Trinajstić information content (AvgIpc) is 2.96. The molecule has 0 saturated carbocycles. The molecule has 0 radical (unpaired) electrons. The van der Waals surface area contributed by atoms with Gasteiger partial charge in [-0.3, -0.25) is 4.79 Å². The van der Waals surface area contributed by atoms with Crippen LogP contribution < -0.4 is 5.32 Å². The van der Waals surface area contributed by atoms with E-state index in [1.54, 1.807) is 0 Å². The fourth-order valence-corrected chi connectivity index (χ4v) is 4.28. The van der Waals surface area contributed by atoms with E-state index in [9.17, 15) is 4.79 Å². The van der Waals surface area contributed by atoms with Crippen LogP contribution in [0.2, 0.25) is 0 Å². The number of hydrogen-bond donors (Lipinski definition) is 2. The lowest BCUT2D eigenvalue weighted by atomic mass is 9.82. The maximum atomic E-state index is 12.7. The Morgan fingerprint density at radius 2 is 2.00 bits per heavy atom. The molecule has 1 aromatic heterocycles. The van der Waals surface area contributed by atoms with E-state index in [4.69, 9.17) is 0 Å². The van der Waals surface area contributed by atoms with Gasteiger partial charge < -0.3 is 15.2 Å². The fraction of sp³-hybridized carbons (Fsp3) is 0.500. The summed E-state index contributed by atoms with van der Waals surface area (Å²) < 4.78 is 0. The first-order chi connectivity index (χ1) is 10.7. The largest absolute Gasteiger partial charge is 0.361 e. The number of hydrogen-bond acceptors (Lipinski definition) is 2. The van der Waals surface area contributed by atoms with Crippen LogP contribution >= 0.6 is 0 Å². The Hall–Kier alpha value is -1.81. The van der Waals surface area contributed by atoms with Crippen molar-refractivity contribution in [3.63, 3.8) is 0 Å². The van der Waals surface area contributed by atoms with E-state index in [1.165, 1.54) is 19.3 Å². The number of carbonyl (C=O) groups excluding carboxylic acids is 1. The molecular formula is C18H23N3O. The molecule has 2 atom stereocenters. The van der Waals surface area contributed by atoms with Crippen molar-refractivity contribution in [2.75, 3.05) is 7.05 Å². The number of piperidine rings is 2. The quantitative estimate of drug-likeness (QED) is 0.895. The molecule has 0 aliphatic carbocycles. The van der Waals surface area contributed by atoms with Crippen molar-refractivity contribution in [2.45, 2.75) is 50.2 Å². The van der Waals surface area contributed by atoms with Crippen LogP contribution in [0.3, 0.4) is 0 Å². The number of amides is 1. The van der Waals surface area contributed by atoms with E-state index in [1.807, 2.05) is 30.5 Å². The van der Waals surface area contributed by atoms with Gasteiger partial charge in [-0.25, -0.2) is 0 Å². The molecule has 2 aliphatic rings. The number of carbonyl (C=O) groups is 1. The van der Waals surface area contributed by atoms with Crippen molar-refractivity contribution in [1.82, 2.24) is 15.2 Å². The lowest BCUT2D eigenvalue weighted by Gasteiger charge is -2.47. The van der Waals surface area contributed by atoms with E-state index >= 15 is 0 Å². The number of aromatic nitrogens is 1. The summed E-state index contributed by atoms with van der Waals surface area (Å²) >= 11 is 0. The molecule has 2 fully saturated rings. The van der Waals surface area contributed by atoms with Crippen LogP contribution in [0.4, 0.5) is 0 Å². The van der Waals surface area contributed by atoms with Gasteiger partial charge in [0.25, 0.3) is 5.91 Å². The van der Waals surface area contributed by atoms with Gasteiger partial charge in [0.2, 0.25) is 0 Å². The molecule has 22 heavy (non-hydrogen) atoms. The van der Waals surface area contributed by atoms with Crippen molar-refractivity contribution in [2.24, 2.45) is 0 Å². The molecule has 2 aromatic rings. The molecule has 2 N–H and O–H groups in total. The number of fused-ring (bicyclic) bond motifs is 3. The normalized spacial score (nSPS) is 28.7. The summed E-state index contributed by atoms with van der Waals surface area (Å²) in [4.78, 5) is 18.4. The maximum absolute atomic E-state index is 12.7. The van der Waals surface area contributed by atoms with Crippen LogP contribution in [0.5, 0.6) is 0 Å². The van der Waals surface area contributed by atoms with Crippen LogP contribution in [0.1, 0.15) is 42.5 Å². The lowest BCUT2D eigenvalue weighted by Crippen LogP contribution is -2.55. The third kappa shape index (κ3) is 2.31. The number of aromatic amines is 1. The Morgan fingerprint density at radius 1 is 1.23 bits per heavy atom. The van der Waals surface area contributed by atoms with Crippen molar-refractivity contribution >= 4 is 16.8 Å². The predicted octanol–water partition coefficient (Wildman–Crippen LogP) is 2.91. The molecule has 0 spiro atoms. The Labute approximate surface area is 130 Å². The van der Waals surface area contributed by atoms with Crippen molar-refractivity contribution in [3.05, 3.63) is 36.0 Å². The van der Waals surface area contributed by atoms with Gasteiger partial charge in [-0.1, -0.05) is 12.5 Å². The minimum Gasteiger partial charge on any atom is -0.361 e. The molecule has 4 rings (SSSR count). The smallest absolute Gasteiger partial charge is 0.252 e. The lowest BCUT2D eigenvalue weighted by molar-refractivity contribution is 0.0463. The van der Waals surface area contributed by atoms with Gasteiger partial charge in [-0.2, -0.15) is 0 Å². The molecule has 2 bridgehead atoms. The highest BCUT2D eigenvalue weighted by Gasteiger charge is 2.36. The monoisotopic (exact) mass is 297 g/mol. The molecule has 3 heterocycles. The highest BCUT2D eigenvalue weighted by molar-refractivity contribution is 6.06. The number of benzene rings is 1. The summed E-state index contributed by atoms with van der Waals surface area (Å²) in [5.74, 6) is 0.0674. The zero-order valence-electron chi connectivity index (χ0n) is 13.0. The number of rotatable bonds is 2. The molecule has 1 amide bonds. The second-order valence-electron chi connectivity index (χ2n) is 6.79. The van der Waals surface area contributed by atoms with Gasteiger partial charge in [0.1, 0.15) is 0 Å². The van der Waals surface area contributed by atoms with E-state index in [0.717, 1.165) is 29.3 Å². The Morgan fingerprint density at radius 3 is 2.77 bits per heavy atom. The first-order valence-electron chi connectivity index (χ1n) is 8.31. The van der Waals surface area contributed by atoms with Crippen LogP contribution in [-0.4, -0.2) is 41.0 Å². The molecule has 116 valence electrons. The second-order valence-corrected chi connectivity index (χ2v) is 6.79. The van der Waals surface area contributed by atoms with E-state index in [-0.39, 0.29) is 5.91 Å². The zero-order valence-corrected chi connectivity index (χ0v) is 13.0. The SMILES string of the molecule is CN1C2CCCC1CC(NC(=O)c1cccc3[nH]ccc13)C2. The van der Waals surface area contributed by atoms with Crippen molar-refractivity contribution in [3.8, 4) is 0 Å². The van der Waals surface area contributed by atoms with Crippen LogP contribution in [0.25, 0.3) is 10.9 Å². The third-order valence-corrected chi connectivity index (χ3v) is 5.51. The van der Waals surface area contributed by atoms with Crippen LogP contribution in [-0.2, 0) is 0 Å². The van der Waals surface area contributed by atoms with Gasteiger partial charge in [-0.05, 0) is 50.9 Å². The highest BCUT2D eigenvalue weighted by atomic mass is 16.1. The minimum atomic E-state index is 0.0674. The number of nitrogens with zero attached hydrogens (tertiary/aromatic N) is 1. The van der Waals surface area contributed by atoms with Crippen molar-refractivity contribution in [1.29, 1.82) is 0 Å². The minimum absolute atomic E-state index is 0.0674. The standard InChI is InChI=1S/C18H23N3O/c1-21-13-4-2-5-14(21)11-12(10-13)20-18(22)16-6-3-7-17-15(16)8-9-19-17/h3,6-9,12-14,19H,2,4-5,10-11H2,1H3,(H,20,22). The van der Waals surface area contributed by atoms with Gasteiger partial charge in [0.05, 0.1) is 0 Å². The molecule has 4 nitrogen and oxygen atoms in total. The Kier molecular flexibility index (Phi) is 3.41. The van der Waals surface area contributed by atoms with E-state index < -0.39 is 0 Å². The Bertz CT molecular complexity index is 678. The summed E-state index contributed by atoms with van der Waals surface area (Å²) in [5.41, 5.74) is 1.80. The Balaban J connectivity index is 1.52. The maximum Gasteiger partial charge on any atom is 0.252 e. The zero-order chi connectivity index (χ0) is 15.1. The van der Waals surface area contributed by atoms with E-state index in [0.29, 0.717) is 18.1 Å². The summed E-state index contributed by atoms with van der Waals surface area (Å²) in [5, 5.41) is 4.29. The fourth-order valence-electron chi connectivity index (χ4n) is 4.28. The topological polar surface area (TPSA) is 48.1 Å². The predicted molar refractivity (Wildman–Crippen MR) is 88.0 cm³/mol. The summed E-state index contributed by atoms with van der Waals surface area (Å²) in [6, 6.07) is 9.44. The van der Waals surface area contributed by atoms with Gasteiger partial charge in [0, 0.05) is 40.8 Å². The highest BCUT2D eigenvalue weighted by Crippen LogP contribution is 2.32. The first-order valence-corrected chi connectivity index (χ1v) is 8.31. The second kappa shape index (κ2) is 5.43. The molecule has 4 heteroatoms. The van der Waals surface area contributed by atoms with Crippen molar-refractivity contribution < 1.29 is 4.79 Å². The van der Waals surface area contributed by atoms with Gasteiger partial charge in [-0.15, -0.1) is 0 Å². The molecular weight excluding hydrogens is 274 g/mol. The third-order valence-electron chi connectivity index (χ3n) is 5.51. The number of nitrogens with one attached hydrogen (secondary N) is 2. The van der Waals surface area contributed by atoms with E-state index in [2.05, 4.69) is 22.2 Å². The summed E-state index contributed by atoms with van der Waals surface area (Å²) in [7, 11) is 2.24. The van der Waals surface area contributed by atoms with Crippen LogP contribution in [0, 0.1) is 0 Å². The molecule has 2 unspecified atom stereocenters. The average molecular weight is 297 g/mol.